The molecular formula is C25H35N3O5S. The number of hydrogen-bond acceptors (Lipinski definition) is 5. The van der Waals surface area contributed by atoms with Crippen LogP contribution in [0, 0.1) is 5.92 Å². The number of ether oxygens (including phenoxy) is 1. The van der Waals surface area contributed by atoms with Crippen molar-refractivity contribution in [1.82, 2.24) is 14.5 Å². The van der Waals surface area contributed by atoms with Crippen LogP contribution in [0.4, 0.5) is 4.79 Å². The first kappa shape index (κ1) is 26.0. The Morgan fingerprint density at radius 2 is 1.85 bits per heavy atom. The highest BCUT2D eigenvalue weighted by Crippen LogP contribution is 2.20. The van der Waals surface area contributed by atoms with Gasteiger partial charge in [-0.15, -0.1) is 0 Å². The van der Waals surface area contributed by atoms with Gasteiger partial charge in [0.15, 0.2) is 0 Å². The zero-order valence-corrected chi connectivity index (χ0v) is 21.2. The number of likely N-dealkylation sites (tertiary alicyclic amines) is 1. The van der Waals surface area contributed by atoms with Crippen LogP contribution >= 0.6 is 0 Å². The van der Waals surface area contributed by atoms with Gasteiger partial charge < -0.3 is 14.5 Å². The summed E-state index contributed by atoms with van der Waals surface area (Å²) in [4.78, 5) is 28.5. The summed E-state index contributed by atoms with van der Waals surface area (Å²) in [6, 6.07) is 12.5. The first-order valence-corrected chi connectivity index (χ1v) is 13.1. The first-order chi connectivity index (χ1) is 15.9. The Labute approximate surface area is 202 Å². The zero-order valence-electron chi connectivity index (χ0n) is 20.4. The summed E-state index contributed by atoms with van der Waals surface area (Å²) in [5.41, 5.74) is -0.555. The summed E-state index contributed by atoms with van der Waals surface area (Å²) in [5, 5.41) is 1.81. The Kier molecular flexibility index (Phi) is 8.20. The number of benzene rings is 2. The molecule has 2 amide bonds. The monoisotopic (exact) mass is 489 g/mol. The number of rotatable bonds is 7. The van der Waals surface area contributed by atoms with Crippen LogP contribution in [0.5, 0.6) is 0 Å². The molecule has 0 spiro atoms. The van der Waals surface area contributed by atoms with Gasteiger partial charge in [0, 0.05) is 39.6 Å². The van der Waals surface area contributed by atoms with Crippen molar-refractivity contribution in [1.29, 1.82) is 0 Å². The quantitative estimate of drug-likeness (QED) is 0.641. The zero-order chi connectivity index (χ0) is 24.9. The normalized spacial score (nSPS) is 16.9. The van der Waals surface area contributed by atoms with Gasteiger partial charge in [0.2, 0.25) is 15.9 Å². The highest BCUT2D eigenvalue weighted by molar-refractivity contribution is 7.89. The number of carbonyl (C=O) groups excluding carboxylic acids is 2. The second-order valence-corrected chi connectivity index (χ2v) is 11.6. The summed E-state index contributed by atoms with van der Waals surface area (Å²) < 4.78 is 33.3. The summed E-state index contributed by atoms with van der Waals surface area (Å²) in [6.07, 6.45) is 1.48. The molecule has 1 atom stereocenters. The van der Waals surface area contributed by atoms with E-state index in [2.05, 4.69) is 4.72 Å². The van der Waals surface area contributed by atoms with Gasteiger partial charge in [-0.05, 0) is 62.4 Å². The maximum absolute atomic E-state index is 12.7. The smallest absolute Gasteiger partial charge is 0.410 e. The van der Waals surface area contributed by atoms with E-state index in [4.69, 9.17) is 4.74 Å². The van der Waals surface area contributed by atoms with Crippen LogP contribution in [-0.4, -0.2) is 69.0 Å². The predicted molar refractivity (Wildman–Crippen MR) is 132 cm³/mol. The predicted octanol–water partition coefficient (Wildman–Crippen LogP) is 3.61. The number of sulfonamides is 1. The van der Waals surface area contributed by atoms with E-state index in [1.54, 1.807) is 35.0 Å². The third-order valence-corrected chi connectivity index (χ3v) is 7.23. The van der Waals surface area contributed by atoms with Crippen molar-refractivity contribution in [3.8, 4) is 0 Å². The van der Waals surface area contributed by atoms with Gasteiger partial charge in [-0.25, -0.2) is 17.9 Å². The van der Waals surface area contributed by atoms with Crippen molar-refractivity contribution in [2.45, 2.75) is 50.5 Å². The molecule has 0 saturated carbocycles. The minimum absolute atomic E-state index is 0.0347. The van der Waals surface area contributed by atoms with Gasteiger partial charge in [-0.2, -0.15) is 0 Å². The molecule has 2 aromatic carbocycles. The molecule has 34 heavy (non-hydrogen) atoms. The van der Waals surface area contributed by atoms with Crippen LogP contribution in [0.25, 0.3) is 10.8 Å². The highest BCUT2D eigenvalue weighted by Gasteiger charge is 2.27. The fourth-order valence-corrected chi connectivity index (χ4v) is 5.18. The van der Waals surface area contributed by atoms with Gasteiger partial charge in [-0.3, -0.25) is 4.79 Å². The Bertz CT molecular complexity index is 1130. The van der Waals surface area contributed by atoms with E-state index < -0.39 is 15.6 Å². The van der Waals surface area contributed by atoms with Crippen LogP contribution in [0.3, 0.4) is 0 Å². The van der Waals surface area contributed by atoms with E-state index in [-0.39, 0.29) is 35.8 Å². The molecule has 1 aliphatic heterocycles. The van der Waals surface area contributed by atoms with Crippen LogP contribution in [-0.2, 0) is 19.6 Å². The molecule has 1 heterocycles. The largest absolute Gasteiger partial charge is 0.444 e. The van der Waals surface area contributed by atoms with E-state index in [1.807, 2.05) is 45.0 Å². The summed E-state index contributed by atoms with van der Waals surface area (Å²) in [6.45, 7) is 7.21. The molecule has 0 aromatic heterocycles. The minimum Gasteiger partial charge on any atom is -0.444 e. The Morgan fingerprint density at radius 3 is 2.56 bits per heavy atom. The van der Waals surface area contributed by atoms with E-state index in [0.29, 0.717) is 19.6 Å². The molecule has 1 fully saturated rings. The molecule has 3 rings (SSSR count). The average molecular weight is 490 g/mol. The van der Waals surface area contributed by atoms with Crippen LogP contribution < -0.4 is 4.72 Å². The van der Waals surface area contributed by atoms with Gasteiger partial charge in [-0.1, -0.05) is 30.3 Å². The number of hydrogen-bond donors (Lipinski definition) is 1. The number of nitrogens with one attached hydrogen (secondary N) is 1. The number of carbonyl (C=O) groups is 2. The molecular weight excluding hydrogens is 454 g/mol. The first-order valence-electron chi connectivity index (χ1n) is 11.6. The maximum Gasteiger partial charge on any atom is 0.410 e. The van der Waals surface area contributed by atoms with E-state index >= 15 is 0 Å². The Hall–Kier alpha value is -2.65. The molecule has 0 aliphatic carbocycles. The van der Waals surface area contributed by atoms with Gasteiger partial charge >= 0.3 is 6.09 Å². The fourth-order valence-electron chi connectivity index (χ4n) is 4.11. The standard InChI is InChI=1S/C25H35N3O5S/c1-25(2,3)33-24(30)27(4)17-19-8-7-15-28(18-19)23(29)13-14-26-34(31,32)22-12-11-20-9-5-6-10-21(20)16-22/h5-6,9-12,16,19,26H,7-8,13-15,17-18H2,1-4H3. The van der Waals surface area contributed by atoms with Crippen molar-refractivity contribution in [2.75, 3.05) is 33.2 Å². The number of amides is 2. The molecule has 186 valence electrons. The molecule has 1 unspecified atom stereocenters. The van der Waals surface area contributed by atoms with E-state index in [9.17, 15) is 18.0 Å². The van der Waals surface area contributed by atoms with Crippen molar-refractivity contribution in [3.63, 3.8) is 0 Å². The van der Waals surface area contributed by atoms with Gasteiger partial charge in [0.05, 0.1) is 4.90 Å². The minimum atomic E-state index is -3.71. The number of fused-ring (bicyclic) bond motifs is 1. The highest BCUT2D eigenvalue weighted by atomic mass is 32.2. The third kappa shape index (κ3) is 7.17. The fraction of sp³-hybridized carbons (Fsp3) is 0.520. The molecule has 1 aliphatic rings. The second-order valence-electron chi connectivity index (χ2n) is 9.87. The van der Waals surface area contributed by atoms with Crippen LogP contribution in [0.2, 0.25) is 0 Å². The molecule has 9 heteroatoms. The van der Waals surface area contributed by atoms with Crippen LogP contribution in [0.1, 0.15) is 40.0 Å². The Morgan fingerprint density at radius 1 is 1.15 bits per heavy atom. The summed E-state index contributed by atoms with van der Waals surface area (Å²) in [5.74, 6) is 0.0651. The summed E-state index contributed by atoms with van der Waals surface area (Å²) in [7, 11) is -2.00. The van der Waals surface area contributed by atoms with Crippen molar-refractivity contribution in [3.05, 3.63) is 42.5 Å². The molecule has 2 aromatic rings. The third-order valence-electron chi connectivity index (χ3n) is 5.77. The van der Waals surface area contributed by atoms with Crippen LogP contribution in [0.15, 0.2) is 47.4 Å². The lowest BCUT2D eigenvalue weighted by Gasteiger charge is -2.35. The molecule has 8 nitrogen and oxygen atoms in total. The van der Waals surface area contributed by atoms with E-state index in [0.717, 1.165) is 23.6 Å². The molecule has 1 N–H and O–H groups in total. The van der Waals surface area contributed by atoms with Crippen molar-refractivity contribution >= 4 is 32.8 Å². The van der Waals surface area contributed by atoms with Crippen molar-refractivity contribution < 1.29 is 22.7 Å². The lowest BCUT2D eigenvalue weighted by molar-refractivity contribution is -0.132. The van der Waals surface area contributed by atoms with Gasteiger partial charge in [0.25, 0.3) is 0 Å². The van der Waals surface area contributed by atoms with Gasteiger partial charge in [0.1, 0.15) is 5.60 Å². The second kappa shape index (κ2) is 10.7. The topological polar surface area (TPSA) is 96.0 Å². The average Bonchev–Trinajstić information content (AvgIpc) is 2.77. The summed E-state index contributed by atoms with van der Waals surface area (Å²) >= 11 is 0. The Balaban J connectivity index is 1.49. The molecule has 0 radical (unpaired) electrons. The SMILES string of the molecule is CN(CC1CCCN(C(=O)CCNS(=O)(=O)c2ccc3ccccc3c2)C1)C(=O)OC(C)(C)C. The van der Waals surface area contributed by atoms with E-state index in [1.165, 1.54) is 0 Å². The maximum atomic E-state index is 12.7. The van der Waals surface area contributed by atoms with Crippen molar-refractivity contribution in [2.24, 2.45) is 5.92 Å². The number of piperidine rings is 1. The molecule has 0 bridgehead atoms. The number of nitrogens with zero attached hydrogens (tertiary/aromatic N) is 2. The lowest BCUT2D eigenvalue weighted by atomic mass is 9.97. The lowest BCUT2D eigenvalue weighted by Crippen LogP contribution is -2.45. The molecule has 1 saturated heterocycles.